The van der Waals surface area contributed by atoms with Crippen molar-refractivity contribution in [3.8, 4) is 0 Å². The molecule has 0 bridgehead atoms. The molecule has 1 heterocycles. The van der Waals surface area contributed by atoms with Gasteiger partial charge in [0, 0.05) is 16.7 Å². The number of aromatic nitrogens is 2. The SMILES string of the molecule is CCOC(=O)c1n[nH]c2c1CCC2(C)C.NN.O. The number of nitrogens with zero attached hydrogens (tertiary/aromatic N) is 1. The largest absolute Gasteiger partial charge is 0.461 e. The molecule has 0 spiro atoms. The van der Waals surface area contributed by atoms with Crippen LogP contribution in [0.1, 0.15) is 48.9 Å². The maximum absolute atomic E-state index is 11.6. The fraction of sp³-hybridized carbons (Fsp3) is 0.636. The number of ether oxygens (including phenoxy) is 1. The second kappa shape index (κ2) is 6.48. The van der Waals surface area contributed by atoms with Crippen LogP contribution >= 0.6 is 0 Å². The summed E-state index contributed by atoms with van der Waals surface area (Å²) in [6, 6.07) is 0. The summed E-state index contributed by atoms with van der Waals surface area (Å²) in [5.41, 5.74) is 2.70. The molecule has 0 atom stereocenters. The Labute approximate surface area is 106 Å². The van der Waals surface area contributed by atoms with E-state index in [9.17, 15) is 4.79 Å². The number of carbonyl (C=O) groups excluding carboxylic acids is 1. The number of H-pyrrole nitrogens is 1. The van der Waals surface area contributed by atoms with Gasteiger partial charge in [-0.15, -0.1) is 0 Å². The minimum Gasteiger partial charge on any atom is -0.461 e. The lowest BCUT2D eigenvalue weighted by molar-refractivity contribution is 0.0518. The van der Waals surface area contributed by atoms with Gasteiger partial charge in [-0.1, -0.05) is 13.8 Å². The number of hydrogen-bond acceptors (Lipinski definition) is 5. The molecule has 0 saturated heterocycles. The minimum atomic E-state index is -0.312. The highest BCUT2D eigenvalue weighted by Crippen LogP contribution is 2.38. The van der Waals surface area contributed by atoms with Crippen molar-refractivity contribution in [3.63, 3.8) is 0 Å². The summed E-state index contributed by atoms with van der Waals surface area (Å²) in [6.45, 7) is 6.51. The van der Waals surface area contributed by atoms with Gasteiger partial charge >= 0.3 is 5.97 Å². The van der Waals surface area contributed by atoms with E-state index in [4.69, 9.17) is 4.74 Å². The first kappa shape index (κ1) is 16.6. The Bertz CT molecular complexity index is 401. The third kappa shape index (κ3) is 2.87. The van der Waals surface area contributed by atoms with Crippen molar-refractivity contribution >= 4 is 5.97 Å². The number of rotatable bonds is 2. The van der Waals surface area contributed by atoms with E-state index in [0.717, 1.165) is 24.1 Å². The number of carbonyl (C=O) groups is 1. The molecule has 0 aromatic carbocycles. The molecule has 2 rings (SSSR count). The van der Waals surface area contributed by atoms with Crippen LogP contribution in [-0.2, 0) is 16.6 Å². The van der Waals surface area contributed by atoms with Gasteiger partial charge in [-0.3, -0.25) is 16.8 Å². The first-order valence-corrected chi connectivity index (χ1v) is 5.64. The van der Waals surface area contributed by atoms with Gasteiger partial charge in [-0.25, -0.2) is 4.79 Å². The number of esters is 1. The molecule has 0 radical (unpaired) electrons. The van der Waals surface area contributed by atoms with E-state index in [1.807, 2.05) is 0 Å². The normalized spacial score (nSPS) is 14.9. The molecule has 0 unspecified atom stereocenters. The molecule has 7 heteroatoms. The number of hydrogen-bond donors (Lipinski definition) is 3. The van der Waals surface area contributed by atoms with Gasteiger partial charge in [0.2, 0.25) is 0 Å². The molecule has 0 saturated carbocycles. The third-order valence-electron chi connectivity index (χ3n) is 3.01. The fourth-order valence-electron chi connectivity index (χ4n) is 2.10. The average Bonchev–Trinajstić information content (AvgIpc) is 2.84. The molecule has 0 fully saturated rings. The molecule has 1 aliphatic carbocycles. The Morgan fingerprint density at radius 3 is 2.67 bits per heavy atom. The van der Waals surface area contributed by atoms with Crippen LogP contribution in [0.2, 0.25) is 0 Å². The first-order valence-electron chi connectivity index (χ1n) is 5.64. The van der Waals surface area contributed by atoms with E-state index < -0.39 is 0 Å². The van der Waals surface area contributed by atoms with E-state index in [2.05, 4.69) is 35.7 Å². The fourth-order valence-corrected chi connectivity index (χ4v) is 2.10. The van der Waals surface area contributed by atoms with Gasteiger partial charge < -0.3 is 10.2 Å². The van der Waals surface area contributed by atoms with Gasteiger partial charge in [0.25, 0.3) is 0 Å². The predicted octanol–water partition coefficient (Wildman–Crippen LogP) is -0.196. The zero-order valence-corrected chi connectivity index (χ0v) is 11.0. The number of nitrogens with two attached hydrogens (primary N) is 2. The van der Waals surface area contributed by atoms with Crippen LogP contribution in [0, 0.1) is 0 Å². The van der Waals surface area contributed by atoms with Crippen molar-refractivity contribution in [3.05, 3.63) is 17.0 Å². The lowest BCUT2D eigenvalue weighted by Crippen LogP contribution is -2.12. The average molecular weight is 258 g/mol. The number of nitrogens with one attached hydrogen (secondary N) is 1. The van der Waals surface area contributed by atoms with Crippen molar-refractivity contribution in [2.24, 2.45) is 11.7 Å². The van der Waals surface area contributed by atoms with Gasteiger partial charge in [0.1, 0.15) is 0 Å². The summed E-state index contributed by atoms with van der Waals surface area (Å²) in [5.74, 6) is 7.69. The van der Waals surface area contributed by atoms with Gasteiger partial charge in [-0.2, -0.15) is 5.10 Å². The molecule has 7 nitrogen and oxygen atoms in total. The van der Waals surface area contributed by atoms with E-state index >= 15 is 0 Å². The van der Waals surface area contributed by atoms with E-state index in [1.165, 1.54) is 0 Å². The summed E-state index contributed by atoms with van der Waals surface area (Å²) >= 11 is 0. The maximum Gasteiger partial charge on any atom is 0.359 e. The molecule has 0 aliphatic heterocycles. The summed E-state index contributed by atoms with van der Waals surface area (Å²) in [4.78, 5) is 11.6. The molecule has 1 aromatic heterocycles. The third-order valence-corrected chi connectivity index (χ3v) is 3.01. The zero-order chi connectivity index (χ0) is 13.1. The second-order valence-corrected chi connectivity index (χ2v) is 4.53. The number of fused-ring (bicyclic) bond motifs is 1. The monoisotopic (exact) mass is 258 g/mol. The van der Waals surface area contributed by atoms with Crippen LogP contribution in [0.15, 0.2) is 0 Å². The Balaban J connectivity index is 0.000000917. The van der Waals surface area contributed by atoms with Crippen molar-refractivity contribution in [2.75, 3.05) is 6.61 Å². The summed E-state index contributed by atoms with van der Waals surface area (Å²) < 4.78 is 4.96. The van der Waals surface area contributed by atoms with Gasteiger partial charge in [-0.05, 0) is 19.8 Å². The topological polar surface area (TPSA) is 139 Å². The standard InChI is InChI=1S/C11H16N2O2.H4N2.H2O/c1-4-15-10(14)8-7-5-6-11(2,3)9(7)13-12-8;1-2;/h4-6H2,1-3H3,(H,12,13);1-2H2;1H2. The van der Waals surface area contributed by atoms with Crippen molar-refractivity contribution in [1.29, 1.82) is 0 Å². The van der Waals surface area contributed by atoms with Crippen LogP contribution < -0.4 is 11.7 Å². The minimum absolute atomic E-state index is 0. The van der Waals surface area contributed by atoms with Crippen LogP contribution in [0.5, 0.6) is 0 Å². The van der Waals surface area contributed by atoms with Crippen molar-refractivity contribution < 1.29 is 15.0 Å². The molecule has 0 amide bonds. The van der Waals surface area contributed by atoms with Crippen LogP contribution in [0.25, 0.3) is 0 Å². The number of aromatic amines is 1. The highest BCUT2D eigenvalue weighted by molar-refractivity contribution is 5.89. The van der Waals surface area contributed by atoms with Crippen molar-refractivity contribution in [2.45, 2.75) is 39.0 Å². The molecule has 1 aromatic rings. The van der Waals surface area contributed by atoms with Crippen LogP contribution in [0.3, 0.4) is 0 Å². The zero-order valence-electron chi connectivity index (χ0n) is 11.0. The summed E-state index contributed by atoms with van der Waals surface area (Å²) in [5, 5.41) is 7.02. The first-order chi connectivity index (χ1) is 8.06. The molecule has 1 aliphatic rings. The lowest BCUT2D eigenvalue weighted by atomic mass is 9.91. The Kier molecular flexibility index (Phi) is 5.96. The summed E-state index contributed by atoms with van der Waals surface area (Å²) in [6.07, 6.45) is 1.97. The maximum atomic E-state index is 11.6. The van der Waals surface area contributed by atoms with Crippen LogP contribution in [-0.4, -0.2) is 28.2 Å². The Morgan fingerprint density at radius 1 is 1.50 bits per heavy atom. The Hall–Kier alpha value is -1.44. The summed E-state index contributed by atoms with van der Waals surface area (Å²) in [7, 11) is 0. The van der Waals surface area contributed by atoms with Crippen molar-refractivity contribution in [1.82, 2.24) is 10.2 Å². The molecule has 18 heavy (non-hydrogen) atoms. The highest BCUT2D eigenvalue weighted by atomic mass is 16.5. The predicted molar refractivity (Wildman–Crippen MR) is 67.9 cm³/mol. The van der Waals surface area contributed by atoms with E-state index in [-0.39, 0.29) is 16.9 Å². The number of hydrazine groups is 1. The molecular weight excluding hydrogens is 236 g/mol. The van der Waals surface area contributed by atoms with Gasteiger partial charge in [0.15, 0.2) is 5.69 Å². The second-order valence-electron chi connectivity index (χ2n) is 4.53. The lowest BCUT2D eigenvalue weighted by Gasteiger charge is -2.15. The van der Waals surface area contributed by atoms with Crippen LogP contribution in [0.4, 0.5) is 0 Å². The quantitative estimate of drug-likeness (QED) is 0.383. The van der Waals surface area contributed by atoms with Gasteiger partial charge in [0.05, 0.1) is 6.61 Å². The molecule has 7 N–H and O–H groups in total. The highest BCUT2D eigenvalue weighted by Gasteiger charge is 2.35. The molecular formula is C11H22N4O3. The smallest absolute Gasteiger partial charge is 0.359 e. The van der Waals surface area contributed by atoms with E-state index in [1.54, 1.807) is 6.92 Å². The molecule has 104 valence electrons. The van der Waals surface area contributed by atoms with E-state index in [0.29, 0.717) is 12.3 Å². The Morgan fingerprint density at radius 2 is 2.11 bits per heavy atom.